The number of aryl methyl sites for hydroxylation is 6. The van der Waals surface area contributed by atoms with Gasteiger partial charge in [0.25, 0.3) is 0 Å². The molecule has 0 unspecified atom stereocenters. The maximum Gasteiger partial charge on any atom is 0.417 e. The van der Waals surface area contributed by atoms with Gasteiger partial charge in [-0.25, -0.2) is 0 Å². The van der Waals surface area contributed by atoms with Gasteiger partial charge >= 0.3 is 24.7 Å². The third-order valence-electron chi connectivity index (χ3n) is 26.9. The van der Waals surface area contributed by atoms with Crippen molar-refractivity contribution in [3.63, 3.8) is 0 Å². The summed E-state index contributed by atoms with van der Waals surface area (Å²) in [4.78, 5) is 0. The van der Waals surface area contributed by atoms with E-state index >= 15 is 26.3 Å². The number of nitriles is 2. The molecule has 0 aliphatic heterocycles. The van der Waals surface area contributed by atoms with E-state index in [4.69, 9.17) is 0 Å². The molecule has 0 saturated carbocycles. The fourth-order valence-corrected chi connectivity index (χ4v) is 20.4. The van der Waals surface area contributed by atoms with Crippen LogP contribution in [0.4, 0.5) is 52.7 Å². The minimum absolute atomic E-state index is 0.0312. The van der Waals surface area contributed by atoms with Crippen molar-refractivity contribution in [1.82, 2.24) is 18.3 Å². The van der Waals surface area contributed by atoms with Gasteiger partial charge in [0, 0.05) is 54.2 Å². The van der Waals surface area contributed by atoms with Gasteiger partial charge in [-0.2, -0.15) is 63.2 Å². The van der Waals surface area contributed by atoms with Crippen LogP contribution in [0, 0.1) is 64.2 Å². The Hall–Kier alpha value is -16.7. The summed E-state index contributed by atoms with van der Waals surface area (Å²) in [6.07, 6.45) is -21.0. The van der Waals surface area contributed by atoms with Crippen LogP contribution in [0.15, 0.2) is 352 Å². The highest BCUT2D eigenvalue weighted by Gasteiger charge is 2.42. The highest BCUT2D eigenvalue weighted by Crippen LogP contribution is 2.52. The summed E-state index contributed by atoms with van der Waals surface area (Å²) in [5.41, 5.74) is 15.1. The van der Waals surface area contributed by atoms with E-state index in [1.54, 1.807) is 16.7 Å². The monoisotopic (exact) mass is 1830 g/mol. The number of halogens is 12. The Kier molecular flexibility index (Phi) is 20.5. The molecule has 0 bridgehead atoms. The maximum absolute atomic E-state index is 16.2. The lowest BCUT2D eigenvalue weighted by molar-refractivity contribution is -0.144. The molecule has 138 heavy (non-hydrogen) atoms. The molecule has 0 aliphatic rings. The summed E-state index contributed by atoms with van der Waals surface area (Å²) in [5, 5.41) is 29.3. The maximum atomic E-state index is 16.2. The Balaban J connectivity index is 0.712. The van der Waals surface area contributed by atoms with Crippen LogP contribution in [-0.2, 0) is 24.7 Å². The molecule has 0 N–H and O–H groups in total. The molecular formula is C120H76F12N6. The number of fused-ring (bicyclic) bond motifs is 12. The molecule has 0 aliphatic carbocycles. The topological polar surface area (TPSA) is 67.3 Å². The van der Waals surface area contributed by atoms with Gasteiger partial charge in [-0.15, -0.1) is 0 Å². The van der Waals surface area contributed by atoms with Crippen LogP contribution in [0.1, 0.15) is 66.8 Å². The van der Waals surface area contributed by atoms with E-state index in [9.17, 15) is 36.9 Å². The predicted molar refractivity (Wildman–Crippen MR) is 531 cm³/mol. The molecule has 6 nitrogen and oxygen atoms in total. The van der Waals surface area contributed by atoms with Crippen LogP contribution >= 0.6 is 0 Å². The average Bonchev–Trinajstić information content (AvgIpc) is 1.55. The SMILES string of the molecule is Cc1ccc(-c2ccc3c4ccccc4n(-c4cc(-c5ccc(C(F)(F)F)cc5C(F)(F)F)c(-n5c6ccccc6c6ccc(-c7ccc(C)c(-c8cc(C)cc(-c9ccc%10c(c9)c9cc(-c%11cccc(C)c%11)ccc9n%10-c9cc(-c%10ccc(C(F)(F)F)cc%10C(F)(F)F)c(-n%10c%11ccc(-c%12cccc(C)c%12)cc%11c%11cc(-c%12cccc(C)c%12)ccc%11%10)cc9C#N)c8)c7)cc65)cc4C#N)c3c2)cc1. The molecule has 22 rings (SSSR count). The number of alkyl halides is 12. The minimum Gasteiger partial charge on any atom is -0.309 e. The van der Waals surface area contributed by atoms with E-state index in [2.05, 4.69) is 54.6 Å². The Morgan fingerprint density at radius 1 is 0.196 bits per heavy atom. The van der Waals surface area contributed by atoms with Gasteiger partial charge in [-0.1, -0.05) is 241 Å². The molecule has 0 atom stereocenters. The van der Waals surface area contributed by atoms with Crippen LogP contribution < -0.4 is 0 Å². The molecule has 18 aromatic carbocycles. The van der Waals surface area contributed by atoms with E-state index in [1.807, 2.05) is 298 Å². The van der Waals surface area contributed by atoms with Gasteiger partial charge < -0.3 is 18.3 Å². The smallest absolute Gasteiger partial charge is 0.309 e. The van der Waals surface area contributed by atoms with Crippen molar-refractivity contribution in [1.29, 1.82) is 10.5 Å². The van der Waals surface area contributed by atoms with Gasteiger partial charge in [-0.3, -0.25) is 0 Å². The molecule has 670 valence electrons. The van der Waals surface area contributed by atoms with Crippen molar-refractivity contribution in [3.8, 4) is 135 Å². The zero-order valence-corrected chi connectivity index (χ0v) is 74.7. The quantitative estimate of drug-likeness (QED) is 0.108. The van der Waals surface area contributed by atoms with Crippen LogP contribution in [0.3, 0.4) is 0 Å². The first-order valence-corrected chi connectivity index (χ1v) is 44.8. The zero-order valence-electron chi connectivity index (χ0n) is 74.7. The summed E-state index contributed by atoms with van der Waals surface area (Å²) in [5.74, 6) is 0. The van der Waals surface area contributed by atoms with Gasteiger partial charge in [0.05, 0.1) is 100 Å². The fraction of sp³-hybridized carbons (Fsp3) is 0.0833. The summed E-state index contributed by atoms with van der Waals surface area (Å²) < 4.78 is 193. The van der Waals surface area contributed by atoms with Crippen molar-refractivity contribution in [2.45, 2.75) is 66.2 Å². The number of rotatable bonds is 13. The van der Waals surface area contributed by atoms with E-state index in [1.165, 1.54) is 18.2 Å². The molecule has 18 heteroatoms. The number of nitrogens with zero attached hydrogens (tertiary/aromatic N) is 6. The predicted octanol–water partition coefficient (Wildman–Crippen LogP) is 34.7. The minimum atomic E-state index is -5.34. The van der Waals surface area contributed by atoms with Crippen molar-refractivity contribution in [2.75, 3.05) is 0 Å². The lowest BCUT2D eigenvalue weighted by atomic mass is 9.91. The second-order valence-corrected chi connectivity index (χ2v) is 35.9. The summed E-state index contributed by atoms with van der Waals surface area (Å²) in [7, 11) is 0. The molecule has 0 fully saturated rings. The van der Waals surface area contributed by atoms with Crippen molar-refractivity contribution in [2.24, 2.45) is 0 Å². The van der Waals surface area contributed by atoms with Crippen LogP contribution in [0.2, 0.25) is 0 Å². The van der Waals surface area contributed by atoms with Crippen LogP contribution in [-0.4, -0.2) is 18.3 Å². The average molecular weight is 1830 g/mol. The Morgan fingerprint density at radius 2 is 0.522 bits per heavy atom. The van der Waals surface area contributed by atoms with Gasteiger partial charge in [0.15, 0.2) is 0 Å². The summed E-state index contributed by atoms with van der Waals surface area (Å²) >= 11 is 0. The normalized spacial score (nSPS) is 12.3. The van der Waals surface area contributed by atoms with Crippen LogP contribution in [0.5, 0.6) is 0 Å². The molecule has 0 amide bonds. The first-order valence-electron chi connectivity index (χ1n) is 44.8. The lowest BCUT2D eigenvalue weighted by Gasteiger charge is -2.22. The van der Waals surface area contributed by atoms with Crippen molar-refractivity contribution < 1.29 is 52.7 Å². The Labute approximate surface area is 783 Å². The number of benzene rings is 18. The Morgan fingerprint density at radius 3 is 0.935 bits per heavy atom. The molecule has 22 aromatic rings. The summed E-state index contributed by atoms with van der Waals surface area (Å²) in [6.45, 7) is 11.9. The van der Waals surface area contributed by atoms with Crippen molar-refractivity contribution in [3.05, 3.63) is 419 Å². The third-order valence-corrected chi connectivity index (χ3v) is 26.9. The van der Waals surface area contributed by atoms with Gasteiger partial charge in [0.2, 0.25) is 0 Å². The zero-order chi connectivity index (χ0) is 95.6. The number of hydrogen-bond donors (Lipinski definition) is 0. The van der Waals surface area contributed by atoms with Gasteiger partial charge in [0.1, 0.15) is 12.1 Å². The van der Waals surface area contributed by atoms with E-state index in [0.29, 0.717) is 83.4 Å². The first kappa shape index (κ1) is 86.7. The molecule has 0 spiro atoms. The third kappa shape index (κ3) is 14.9. The van der Waals surface area contributed by atoms with Crippen molar-refractivity contribution >= 4 is 87.2 Å². The van der Waals surface area contributed by atoms with E-state index in [-0.39, 0.29) is 57.1 Å². The molecule has 0 radical (unpaired) electrons. The Bertz CT molecular complexity index is 8900. The first-order chi connectivity index (χ1) is 66.3. The number of para-hydroxylation sites is 2. The van der Waals surface area contributed by atoms with Crippen LogP contribution in [0.25, 0.3) is 210 Å². The standard InChI is InChI=1S/C120H76F12N6/c1-67-24-27-73(28-25-67)82-30-38-94-92-20-7-9-22-105(92)137(113(94)57-82)112-64-102(91-41-37-89(118(124,125)126)62-104(91)120(130,131)132)116(60-87(112)66-134)138-106-23-10-8-21-93(106)95-39-31-83(58-114(95)138)77-29-26-72(6)96(52-77)85-50-71(5)49-84(51-85)81-35-45-108-100(56-81)97-53-78(74-17-11-14-68(2)46-74)32-42-107(97)135(108)111-63-101(90-40-36-88(117(121,122)123)61-103(90)119(127,128)129)115(59-86(111)65-133)136-109-43-33-79(75-18-12-15-69(3)47-75)54-98(109)99-55-80(34-44-110(99)136)76-19-13-16-70(4)48-76/h7-64H,1-6H3. The van der Waals surface area contributed by atoms with E-state index in [0.717, 1.165) is 139 Å². The summed E-state index contributed by atoms with van der Waals surface area (Å²) in [6, 6.07) is 109. The second-order valence-electron chi connectivity index (χ2n) is 35.9. The molecule has 0 saturated heterocycles. The fourth-order valence-electron chi connectivity index (χ4n) is 20.4. The largest absolute Gasteiger partial charge is 0.417 e. The molecule has 4 aromatic heterocycles. The van der Waals surface area contributed by atoms with E-state index < -0.39 is 58.1 Å². The molecule has 4 heterocycles. The second kappa shape index (κ2) is 32.6. The lowest BCUT2D eigenvalue weighted by Crippen LogP contribution is -2.13. The highest BCUT2D eigenvalue weighted by atomic mass is 19.4. The highest BCUT2D eigenvalue weighted by molar-refractivity contribution is 6.16. The van der Waals surface area contributed by atoms with Gasteiger partial charge in [-0.05, 0) is 275 Å². The molecular weight excluding hydrogens is 1750 g/mol. The number of aromatic nitrogens is 4. The number of hydrogen-bond acceptors (Lipinski definition) is 2.